The lowest BCUT2D eigenvalue weighted by atomic mass is 10.0. The maximum Gasteiger partial charge on any atom is 0.0887 e. The average molecular weight is 671 g/mol. The Bertz CT molecular complexity index is 1460. The lowest BCUT2D eigenvalue weighted by Crippen LogP contribution is -2.14. The van der Waals surface area contributed by atoms with Gasteiger partial charge in [0.25, 0.3) is 0 Å². The Morgan fingerprint density at radius 2 is 0.612 bits per heavy atom. The van der Waals surface area contributed by atoms with Gasteiger partial charge in [0.1, 0.15) is 0 Å². The van der Waals surface area contributed by atoms with Crippen molar-refractivity contribution in [2.75, 3.05) is 9.80 Å². The van der Waals surface area contributed by atoms with Gasteiger partial charge in [0.15, 0.2) is 0 Å². The molecule has 5 rings (SSSR count). The van der Waals surface area contributed by atoms with Gasteiger partial charge >= 0.3 is 0 Å². The van der Waals surface area contributed by atoms with Crippen molar-refractivity contribution in [2.45, 2.75) is 105 Å². The van der Waals surface area contributed by atoms with Crippen molar-refractivity contribution >= 4 is 45.7 Å². The molecule has 0 fully saturated rings. The van der Waals surface area contributed by atoms with Crippen LogP contribution in [0.25, 0.3) is 0 Å². The highest BCUT2D eigenvalue weighted by Crippen LogP contribution is 2.46. The Hall–Kier alpha value is -4.01. The fourth-order valence-electron chi connectivity index (χ4n) is 6.48. The van der Waals surface area contributed by atoms with Gasteiger partial charge in [-0.05, 0) is 134 Å². The van der Waals surface area contributed by atoms with E-state index in [1.54, 1.807) is 0 Å². The number of nitrogens with zero attached hydrogens (tertiary/aromatic N) is 2. The zero-order valence-corrected chi connectivity index (χ0v) is 31.0. The van der Waals surface area contributed by atoms with Crippen molar-refractivity contribution in [1.29, 1.82) is 0 Å². The Kier molecular flexibility index (Phi) is 13.8. The maximum absolute atomic E-state index is 7.61. The Morgan fingerprint density at radius 3 is 0.837 bits per heavy atom. The van der Waals surface area contributed by atoms with E-state index in [-0.39, 0.29) is 0 Å². The minimum absolute atomic E-state index is 0.720. The van der Waals surface area contributed by atoms with Crippen LogP contribution in [-0.2, 0) is 25.7 Å². The summed E-state index contributed by atoms with van der Waals surface area (Å²) in [5.41, 5.74) is 11.8. The first-order chi connectivity index (χ1) is 24.1. The van der Waals surface area contributed by atoms with E-state index in [4.69, 9.17) is 11.6 Å². The molecule has 5 aromatic carbocycles. The van der Waals surface area contributed by atoms with Crippen LogP contribution in [0.15, 0.2) is 115 Å². The standard InChI is InChI=1S/C46H55ClN2/c1-5-9-14-36-20-28-40(29-21-36)48(41-30-22-37(23-31-41)15-10-6-2)44-18-13-19-45(46(44)47)49(42-32-24-38(25-33-42)16-11-7-3)43-34-26-39(27-35-43)17-12-8-4/h13,18-35H,5-12,14-17H2,1-4H3. The summed E-state index contributed by atoms with van der Waals surface area (Å²) in [5.74, 6) is 0. The molecule has 0 radical (unpaired) electrons. The van der Waals surface area contributed by atoms with Crippen molar-refractivity contribution in [3.05, 3.63) is 143 Å². The second-order valence-corrected chi connectivity index (χ2v) is 13.7. The number of aryl methyl sites for hydroxylation is 4. The summed E-state index contributed by atoms with van der Waals surface area (Å²) in [4.78, 5) is 4.64. The Labute approximate surface area is 301 Å². The molecular formula is C46H55ClN2. The van der Waals surface area contributed by atoms with Gasteiger partial charge in [-0.1, -0.05) is 120 Å². The predicted molar refractivity (Wildman–Crippen MR) is 215 cm³/mol. The van der Waals surface area contributed by atoms with Crippen molar-refractivity contribution in [3.63, 3.8) is 0 Å². The van der Waals surface area contributed by atoms with Crippen LogP contribution in [0.3, 0.4) is 0 Å². The van der Waals surface area contributed by atoms with Crippen molar-refractivity contribution < 1.29 is 0 Å². The molecule has 0 aliphatic rings. The van der Waals surface area contributed by atoms with Crippen LogP contribution in [0.4, 0.5) is 34.1 Å². The molecule has 0 saturated carbocycles. The molecule has 0 aliphatic heterocycles. The van der Waals surface area contributed by atoms with E-state index in [2.05, 4.69) is 153 Å². The molecule has 0 saturated heterocycles. The number of halogens is 1. The van der Waals surface area contributed by atoms with Gasteiger partial charge in [-0.15, -0.1) is 0 Å². The second kappa shape index (κ2) is 18.7. The molecule has 0 bridgehead atoms. The molecular weight excluding hydrogens is 616 g/mol. The van der Waals surface area contributed by atoms with Gasteiger partial charge in [-0.3, -0.25) is 0 Å². The van der Waals surface area contributed by atoms with Gasteiger partial charge in [0, 0.05) is 22.7 Å². The summed E-state index contributed by atoms with van der Waals surface area (Å²) < 4.78 is 0. The Balaban J connectivity index is 1.61. The molecule has 2 nitrogen and oxygen atoms in total. The minimum Gasteiger partial charge on any atom is -0.309 e. The normalized spacial score (nSPS) is 11.1. The third kappa shape index (κ3) is 9.58. The molecule has 0 aliphatic carbocycles. The van der Waals surface area contributed by atoms with E-state index in [9.17, 15) is 0 Å². The van der Waals surface area contributed by atoms with Crippen LogP contribution in [0, 0.1) is 0 Å². The van der Waals surface area contributed by atoms with Crippen molar-refractivity contribution in [1.82, 2.24) is 0 Å². The van der Waals surface area contributed by atoms with Gasteiger partial charge in [-0.2, -0.15) is 0 Å². The maximum atomic E-state index is 7.61. The minimum atomic E-state index is 0.720. The first kappa shape index (κ1) is 36.3. The number of rotatable bonds is 18. The summed E-state index contributed by atoms with van der Waals surface area (Å²) in [6.07, 6.45) is 14.0. The summed E-state index contributed by atoms with van der Waals surface area (Å²) in [6.45, 7) is 9.00. The molecule has 0 aromatic heterocycles. The van der Waals surface area contributed by atoms with Crippen LogP contribution < -0.4 is 9.80 Å². The van der Waals surface area contributed by atoms with Gasteiger partial charge < -0.3 is 9.80 Å². The fourth-order valence-corrected chi connectivity index (χ4v) is 6.77. The highest BCUT2D eigenvalue weighted by molar-refractivity contribution is 6.36. The average Bonchev–Trinajstić information content (AvgIpc) is 3.15. The first-order valence-electron chi connectivity index (χ1n) is 18.8. The van der Waals surface area contributed by atoms with E-state index < -0.39 is 0 Å². The van der Waals surface area contributed by atoms with Crippen LogP contribution in [0.5, 0.6) is 0 Å². The van der Waals surface area contributed by atoms with Crippen LogP contribution in [-0.4, -0.2) is 0 Å². The zero-order chi connectivity index (χ0) is 34.4. The summed E-state index contributed by atoms with van der Waals surface area (Å²) in [5, 5.41) is 0.720. The van der Waals surface area contributed by atoms with E-state index in [0.29, 0.717) is 0 Å². The molecule has 0 atom stereocenters. The van der Waals surface area contributed by atoms with Crippen LogP contribution in [0.2, 0.25) is 5.02 Å². The third-order valence-electron chi connectivity index (χ3n) is 9.49. The third-order valence-corrected chi connectivity index (χ3v) is 9.88. The van der Waals surface area contributed by atoms with E-state index in [1.165, 1.54) is 73.6 Å². The molecule has 0 spiro atoms. The highest BCUT2D eigenvalue weighted by atomic mass is 35.5. The summed E-state index contributed by atoms with van der Waals surface area (Å²) in [6, 6.07) is 42.7. The fraction of sp³-hybridized carbons (Fsp3) is 0.348. The molecule has 0 unspecified atom stereocenters. The van der Waals surface area contributed by atoms with Crippen molar-refractivity contribution in [2.24, 2.45) is 0 Å². The van der Waals surface area contributed by atoms with E-state index >= 15 is 0 Å². The largest absolute Gasteiger partial charge is 0.309 e. The van der Waals surface area contributed by atoms with E-state index in [1.807, 2.05) is 0 Å². The summed E-state index contributed by atoms with van der Waals surface area (Å²) in [7, 11) is 0. The Morgan fingerprint density at radius 1 is 0.367 bits per heavy atom. The van der Waals surface area contributed by atoms with Crippen LogP contribution in [0.1, 0.15) is 101 Å². The molecule has 0 heterocycles. The SMILES string of the molecule is CCCCc1ccc(N(c2ccc(CCCC)cc2)c2cccc(N(c3ccc(CCCC)cc3)c3ccc(CCCC)cc3)c2Cl)cc1. The van der Waals surface area contributed by atoms with Gasteiger partial charge in [0.2, 0.25) is 0 Å². The molecule has 49 heavy (non-hydrogen) atoms. The predicted octanol–water partition coefficient (Wildman–Crippen LogP) is 14.6. The molecule has 3 heteroatoms. The molecule has 5 aromatic rings. The number of hydrogen-bond donors (Lipinski definition) is 0. The van der Waals surface area contributed by atoms with Crippen molar-refractivity contribution in [3.8, 4) is 0 Å². The summed E-state index contributed by atoms with van der Waals surface area (Å²) >= 11 is 7.61. The quantitative estimate of drug-likeness (QED) is 0.0915. The molecule has 0 amide bonds. The second-order valence-electron chi connectivity index (χ2n) is 13.4. The molecule has 256 valence electrons. The first-order valence-corrected chi connectivity index (χ1v) is 19.2. The smallest absolute Gasteiger partial charge is 0.0887 e. The monoisotopic (exact) mass is 670 g/mol. The molecule has 0 N–H and O–H groups in total. The van der Waals surface area contributed by atoms with Gasteiger partial charge in [-0.25, -0.2) is 0 Å². The van der Waals surface area contributed by atoms with E-state index in [0.717, 1.165) is 64.8 Å². The number of benzene rings is 5. The lowest BCUT2D eigenvalue weighted by Gasteiger charge is -2.31. The highest BCUT2D eigenvalue weighted by Gasteiger charge is 2.22. The zero-order valence-electron chi connectivity index (χ0n) is 30.2. The number of hydrogen-bond acceptors (Lipinski definition) is 2. The number of unbranched alkanes of at least 4 members (excludes halogenated alkanes) is 4. The lowest BCUT2D eigenvalue weighted by molar-refractivity contribution is 0.795. The number of anilines is 6. The van der Waals surface area contributed by atoms with Crippen LogP contribution >= 0.6 is 11.6 Å². The van der Waals surface area contributed by atoms with Gasteiger partial charge in [0.05, 0.1) is 16.4 Å². The topological polar surface area (TPSA) is 6.48 Å².